The number of hydrogen-bond donors (Lipinski definition) is 1. The average Bonchev–Trinajstić information content (AvgIpc) is 2.49. The van der Waals surface area contributed by atoms with Crippen molar-refractivity contribution in [3.63, 3.8) is 0 Å². The van der Waals surface area contributed by atoms with Gasteiger partial charge in [-0.15, -0.1) is 0 Å². The van der Waals surface area contributed by atoms with E-state index in [2.05, 4.69) is 20.9 Å². The Hall–Kier alpha value is -0.870. The maximum Gasteiger partial charge on any atom is 0.181 e. The SMILES string of the molecule is C[C@H](O)c1cc(Br)cc2ncoc12. The highest BCUT2D eigenvalue weighted by atomic mass is 79.9. The molecule has 0 aliphatic rings. The zero-order valence-corrected chi connectivity index (χ0v) is 8.58. The smallest absolute Gasteiger partial charge is 0.181 e. The summed E-state index contributed by atoms with van der Waals surface area (Å²) in [6, 6.07) is 3.68. The number of rotatable bonds is 1. The Morgan fingerprint density at radius 1 is 1.54 bits per heavy atom. The molecule has 0 fully saturated rings. The third kappa shape index (κ3) is 1.47. The second-order valence-corrected chi connectivity index (χ2v) is 3.79. The van der Waals surface area contributed by atoms with E-state index in [0.717, 1.165) is 15.6 Å². The first kappa shape index (κ1) is 8.72. The van der Waals surface area contributed by atoms with E-state index in [1.54, 1.807) is 6.92 Å². The number of halogens is 1. The van der Waals surface area contributed by atoms with E-state index in [1.807, 2.05) is 12.1 Å². The summed E-state index contributed by atoms with van der Waals surface area (Å²) in [7, 11) is 0. The van der Waals surface area contributed by atoms with Crippen molar-refractivity contribution in [3.05, 3.63) is 28.6 Å². The fourth-order valence-electron chi connectivity index (χ4n) is 1.27. The Morgan fingerprint density at radius 3 is 3.00 bits per heavy atom. The summed E-state index contributed by atoms with van der Waals surface area (Å²) in [4.78, 5) is 4.01. The van der Waals surface area contributed by atoms with Crippen LogP contribution in [0.15, 0.2) is 27.4 Å². The van der Waals surface area contributed by atoms with Crippen molar-refractivity contribution < 1.29 is 9.52 Å². The van der Waals surface area contributed by atoms with Crippen LogP contribution in [0.5, 0.6) is 0 Å². The lowest BCUT2D eigenvalue weighted by Gasteiger charge is -2.04. The summed E-state index contributed by atoms with van der Waals surface area (Å²) in [5.74, 6) is 0. The number of hydrogen-bond acceptors (Lipinski definition) is 3. The summed E-state index contributed by atoms with van der Waals surface area (Å²) in [5, 5.41) is 9.46. The fourth-order valence-corrected chi connectivity index (χ4v) is 1.73. The fraction of sp³-hybridized carbons (Fsp3) is 0.222. The summed E-state index contributed by atoms with van der Waals surface area (Å²) >= 11 is 3.34. The molecule has 0 bridgehead atoms. The summed E-state index contributed by atoms with van der Waals surface area (Å²) in [6.07, 6.45) is 0.830. The number of aliphatic hydroxyl groups is 1. The number of nitrogens with zero attached hydrogens (tertiary/aromatic N) is 1. The molecular weight excluding hydrogens is 234 g/mol. The number of fused-ring (bicyclic) bond motifs is 1. The van der Waals surface area contributed by atoms with Crippen LogP contribution >= 0.6 is 15.9 Å². The molecule has 1 atom stereocenters. The van der Waals surface area contributed by atoms with Gasteiger partial charge >= 0.3 is 0 Å². The molecule has 1 N–H and O–H groups in total. The summed E-state index contributed by atoms with van der Waals surface area (Å²) in [5.41, 5.74) is 2.16. The molecule has 0 aliphatic heterocycles. The van der Waals surface area contributed by atoms with Gasteiger partial charge in [-0.25, -0.2) is 4.98 Å². The molecule has 4 heteroatoms. The van der Waals surface area contributed by atoms with Gasteiger partial charge in [-0.2, -0.15) is 0 Å². The molecule has 0 saturated carbocycles. The van der Waals surface area contributed by atoms with Gasteiger partial charge in [0, 0.05) is 10.0 Å². The van der Waals surface area contributed by atoms with Crippen LogP contribution in [0.4, 0.5) is 0 Å². The van der Waals surface area contributed by atoms with Crippen LogP contribution < -0.4 is 0 Å². The molecule has 0 aliphatic carbocycles. The first-order valence-electron chi connectivity index (χ1n) is 3.89. The van der Waals surface area contributed by atoms with E-state index in [0.29, 0.717) is 5.58 Å². The number of benzene rings is 1. The topological polar surface area (TPSA) is 46.3 Å². The molecule has 0 saturated heterocycles. The van der Waals surface area contributed by atoms with Crippen LogP contribution in [0.2, 0.25) is 0 Å². The normalized spacial score (nSPS) is 13.5. The molecule has 1 aromatic heterocycles. The monoisotopic (exact) mass is 241 g/mol. The molecule has 0 radical (unpaired) electrons. The first-order chi connectivity index (χ1) is 6.18. The zero-order chi connectivity index (χ0) is 9.42. The third-order valence-corrected chi connectivity index (χ3v) is 2.33. The molecule has 68 valence electrons. The lowest BCUT2D eigenvalue weighted by molar-refractivity contribution is 0.199. The first-order valence-corrected chi connectivity index (χ1v) is 4.68. The Bertz CT molecular complexity index is 436. The minimum Gasteiger partial charge on any atom is -0.443 e. The number of aromatic nitrogens is 1. The maximum absolute atomic E-state index is 9.46. The van der Waals surface area contributed by atoms with E-state index in [-0.39, 0.29) is 0 Å². The van der Waals surface area contributed by atoms with Crippen molar-refractivity contribution >= 4 is 27.0 Å². The maximum atomic E-state index is 9.46. The third-order valence-electron chi connectivity index (χ3n) is 1.88. The molecule has 3 nitrogen and oxygen atoms in total. The zero-order valence-electron chi connectivity index (χ0n) is 6.99. The van der Waals surface area contributed by atoms with Gasteiger partial charge in [0.15, 0.2) is 12.0 Å². The van der Waals surface area contributed by atoms with Crippen LogP contribution in [0, 0.1) is 0 Å². The summed E-state index contributed by atoms with van der Waals surface area (Å²) < 4.78 is 6.07. The minimum atomic E-state index is -0.548. The largest absolute Gasteiger partial charge is 0.443 e. The quantitative estimate of drug-likeness (QED) is 0.836. The molecule has 2 aromatic rings. The highest BCUT2D eigenvalue weighted by Gasteiger charge is 2.11. The van der Waals surface area contributed by atoms with Gasteiger partial charge in [0.05, 0.1) is 6.10 Å². The van der Waals surface area contributed by atoms with Crippen molar-refractivity contribution in [2.24, 2.45) is 0 Å². The Kier molecular flexibility index (Phi) is 2.09. The standard InChI is InChI=1S/C9H8BrNO2/c1-5(12)7-2-6(10)3-8-9(7)13-4-11-8/h2-5,12H,1H3/t5-/m0/s1. The van der Waals surface area contributed by atoms with Gasteiger partial charge in [-0.05, 0) is 19.1 Å². The predicted octanol–water partition coefficient (Wildman–Crippen LogP) is 2.64. The van der Waals surface area contributed by atoms with E-state index in [4.69, 9.17) is 4.42 Å². The van der Waals surface area contributed by atoms with Crippen molar-refractivity contribution in [2.75, 3.05) is 0 Å². The lowest BCUT2D eigenvalue weighted by atomic mass is 10.1. The Labute approximate surface area is 83.5 Å². The van der Waals surface area contributed by atoms with Crippen LogP contribution in [0.3, 0.4) is 0 Å². The molecule has 0 amide bonds. The van der Waals surface area contributed by atoms with Gasteiger partial charge in [0.2, 0.25) is 0 Å². The summed E-state index contributed by atoms with van der Waals surface area (Å²) in [6.45, 7) is 1.70. The van der Waals surface area contributed by atoms with Crippen LogP contribution in [0.1, 0.15) is 18.6 Å². The second kappa shape index (κ2) is 3.12. The molecule has 2 rings (SSSR count). The van der Waals surface area contributed by atoms with Crippen LogP contribution in [-0.4, -0.2) is 10.1 Å². The minimum absolute atomic E-state index is 0.548. The van der Waals surface area contributed by atoms with Gasteiger partial charge in [0.1, 0.15) is 5.52 Å². The molecule has 1 aromatic carbocycles. The van der Waals surface area contributed by atoms with E-state index >= 15 is 0 Å². The molecule has 0 spiro atoms. The predicted molar refractivity (Wildman–Crippen MR) is 52.3 cm³/mol. The van der Waals surface area contributed by atoms with Crippen molar-refractivity contribution in [1.82, 2.24) is 4.98 Å². The Balaban J connectivity index is 2.77. The van der Waals surface area contributed by atoms with Gasteiger partial charge < -0.3 is 9.52 Å². The highest BCUT2D eigenvalue weighted by molar-refractivity contribution is 9.10. The average molecular weight is 242 g/mol. The van der Waals surface area contributed by atoms with Crippen LogP contribution in [0.25, 0.3) is 11.1 Å². The number of oxazole rings is 1. The van der Waals surface area contributed by atoms with E-state index in [1.165, 1.54) is 6.39 Å². The van der Waals surface area contributed by atoms with Gasteiger partial charge in [0.25, 0.3) is 0 Å². The molecule has 13 heavy (non-hydrogen) atoms. The van der Waals surface area contributed by atoms with Crippen LogP contribution in [-0.2, 0) is 0 Å². The van der Waals surface area contributed by atoms with Crippen molar-refractivity contribution in [1.29, 1.82) is 0 Å². The molecular formula is C9H8BrNO2. The second-order valence-electron chi connectivity index (χ2n) is 2.87. The highest BCUT2D eigenvalue weighted by Crippen LogP contribution is 2.27. The van der Waals surface area contributed by atoms with Crippen molar-refractivity contribution in [2.45, 2.75) is 13.0 Å². The van der Waals surface area contributed by atoms with Gasteiger partial charge in [-0.1, -0.05) is 15.9 Å². The molecule has 0 unspecified atom stereocenters. The van der Waals surface area contributed by atoms with Gasteiger partial charge in [-0.3, -0.25) is 0 Å². The Morgan fingerprint density at radius 2 is 2.31 bits per heavy atom. The van der Waals surface area contributed by atoms with E-state index in [9.17, 15) is 5.11 Å². The van der Waals surface area contributed by atoms with E-state index < -0.39 is 6.10 Å². The number of aliphatic hydroxyl groups excluding tert-OH is 1. The van der Waals surface area contributed by atoms with Crippen molar-refractivity contribution in [3.8, 4) is 0 Å². The lowest BCUT2D eigenvalue weighted by Crippen LogP contribution is -1.91. The molecule has 1 heterocycles.